The summed E-state index contributed by atoms with van der Waals surface area (Å²) < 4.78 is 36.4. The molecule has 610 valence electrons. The fourth-order valence-corrected chi connectivity index (χ4v) is 29.8. The number of hydrogen-bond acceptors (Lipinski definition) is 8. The first-order chi connectivity index (χ1) is 51.1. The SMILES string of the molecule is C=Cc1ccccc1.C=Cc1ccccc1.C=Cc1ccccc1.C=Cc1ccccc1.C=Cc1ccccc1.C=Cc1ccccc1.CCC[Si](CCC)(CCC)OC.CC[Si](CC)(CC)OC.COC.COC(=O)OC(C)(C)C.CO[Si](C(C)C)(C(C)C)C(C)C.CO[Si](CC(C)C)(CC(C)C)CC(C)C. The third-order valence-corrected chi connectivity index (χ3v) is 39.0. The molecule has 0 heterocycles. The van der Waals surface area contributed by atoms with Crippen molar-refractivity contribution in [3.05, 3.63) is 255 Å². The lowest BCUT2D eigenvalue weighted by Gasteiger charge is -2.40. The molecule has 0 saturated carbocycles. The highest BCUT2D eigenvalue weighted by Crippen LogP contribution is 2.41. The number of carbonyl (C=O) groups is 1. The molecule has 0 fully saturated rings. The van der Waals surface area contributed by atoms with Gasteiger partial charge in [-0.3, -0.25) is 0 Å². The smallest absolute Gasteiger partial charge is 0.438 e. The number of hydrogen-bond donors (Lipinski definition) is 0. The molecule has 0 N–H and O–H groups in total. The van der Waals surface area contributed by atoms with Crippen molar-refractivity contribution in [3.63, 3.8) is 0 Å². The summed E-state index contributed by atoms with van der Waals surface area (Å²) in [6.45, 7) is 68.4. The molecule has 0 spiro atoms. The number of ether oxygens (including phenoxy) is 3. The van der Waals surface area contributed by atoms with Crippen molar-refractivity contribution in [3.8, 4) is 0 Å². The van der Waals surface area contributed by atoms with Crippen molar-refractivity contribution in [2.24, 2.45) is 17.8 Å². The summed E-state index contributed by atoms with van der Waals surface area (Å²) in [5.41, 5.74) is 8.72. The van der Waals surface area contributed by atoms with E-state index in [2.05, 4.69) is 174 Å². The lowest BCUT2D eigenvalue weighted by Crippen LogP contribution is -2.46. The molecule has 0 saturated heterocycles. The molecule has 0 atom stereocenters. The van der Waals surface area contributed by atoms with Crippen LogP contribution in [0.5, 0.6) is 0 Å². The Morgan fingerprint density at radius 3 is 0.602 bits per heavy atom. The van der Waals surface area contributed by atoms with Gasteiger partial charge in [0.25, 0.3) is 0 Å². The topological polar surface area (TPSA) is 81.7 Å². The van der Waals surface area contributed by atoms with Gasteiger partial charge in [-0.25, -0.2) is 4.79 Å². The Balaban J connectivity index is -0.000000265. The largest absolute Gasteiger partial charge is 0.508 e. The number of carbonyl (C=O) groups excluding carboxylic acids is 1. The van der Waals surface area contributed by atoms with E-state index < -0.39 is 45.0 Å². The van der Waals surface area contributed by atoms with Gasteiger partial charge in [-0.05, 0) is 143 Å². The molecule has 0 bridgehead atoms. The second-order valence-electron chi connectivity index (χ2n) is 29.6. The van der Waals surface area contributed by atoms with Crippen LogP contribution in [0.25, 0.3) is 36.5 Å². The van der Waals surface area contributed by atoms with E-state index in [-0.39, 0.29) is 0 Å². The van der Waals surface area contributed by atoms with Gasteiger partial charge in [-0.2, -0.15) is 0 Å². The lowest BCUT2D eigenvalue weighted by molar-refractivity contribution is 0.00338. The zero-order valence-electron chi connectivity index (χ0n) is 74.2. The minimum Gasteiger partial charge on any atom is -0.438 e. The summed E-state index contributed by atoms with van der Waals surface area (Å²) in [7, 11) is 6.74. The lowest BCUT2D eigenvalue weighted by atomic mass is 10.2. The highest BCUT2D eigenvalue weighted by Gasteiger charge is 2.44. The van der Waals surface area contributed by atoms with Crippen molar-refractivity contribution < 1.29 is 36.7 Å². The first-order valence-corrected chi connectivity index (χ1v) is 49.3. The molecule has 0 aliphatic rings. The van der Waals surface area contributed by atoms with Gasteiger partial charge < -0.3 is 31.9 Å². The Morgan fingerprint density at radius 2 is 0.528 bits per heavy atom. The molecular weight excluding hydrogens is 1390 g/mol. The predicted octanol–water partition coefficient (Wildman–Crippen LogP) is 30.6. The first-order valence-electron chi connectivity index (χ1n) is 39.6. The maximum Gasteiger partial charge on any atom is 0.508 e. The van der Waals surface area contributed by atoms with Gasteiger partial charge in [0.05, 0.1) is 7.11 Å². The highest BCUT2D eigenvalue weighted by molar-refractivity contribution is 6.77. The van der Waals surface area contributed by atoms with Crippen molar-refractivity contribution in [2.75, 3.05) is 49.8 Å². The van der Waals surface area contributed by atoms with Gasteiger partial charge in [-0.1, -0.05) is 402 Å². The van der Waals surface area contributed by atoms with Crippen molar-refractivity contribution in [1.82, 2.24) is 0 Å². The summed E-state index contributed by atoms with van der Waals surface area (Å²) in [5, 5.41) is 0. The molecule has 6 rings (SSSR count). The van der Waals surface area contributed by atoms with Crippen LogP contribution in [-0.2, 0) is 31.9 Å². The van der Waals surface area contributed by atoms with Gasteiger partial charge in [0.15, 0.2) is 33.3 Å². The van der Waals surface area contributed by atoms with Crippen LogP contribution in [0.3, 0.4) is 0 Å². The maximum atomic E-state index is 10.4. The van der Waals surface area contributed by atoms with Crippen molar-refractivity contribution >= 4 is 75.9 Å². The zero-order valence-corrected chi connectivity index (χ0v) is 78.2. The molecule has 0 radical (unpaired) electrons. The second-order valence-corrected chi connectivity index (χ2v) is 48.3. The number of rotatable bonds is 28. The van der Waals surface area contributed by atoms with E-state index in [1.165, 1.54) is 114 Å². The van der Waals surface area contributed by atoms with Gasteiger partial charge >= 0.3 is 6.16 Å². The van der Waals surface area contributed by atoms with E-state index in [1.54, 1.807) is 35.0 Å². The third-order valence-electron chi connectivity index (χ3n) is 17.5. The monoisotopic (exact) mass is 1560 g/mol. The zero-order chi connectivity index (χ0) is 83.9. The Bertz CT molecular complexity index is 2550. The van der Waals surface area contributed by atoms with E-state index in [1.807, 2.05) is 247 Å². The normalized spacial score (nSPS) is 10.5. The van der Waals surface area contributed by atoms with Crippen LogP contribution < -0.4 is 0 Å². The van der Waals surface area contributed by atoms with Crippen LogP contribution in [0.15, 0.2) is 221 Å². The van der Waals surface area contributed by atoms with Crippen LogP contribution in [-0.4, -0.2) is 94.8 Å². The molecule has 12 heteroatoms. The fraction of sp³-hybridized carbons (Fsp3) is 0.490. The Morgan fingerprint density at radius 1 is 0.333 bits per heavy atom. The molecule has 108 heavy (non-hydrogen) atoms. The van der Waals surface area contributed by atoms with Crippen LogP contribution in [0, 0.1) is 17.8 Å². The minimum atomic E-state index is -1.50. The predicted molar refractivity (Wildman–Crippen MR) is 497 cm³/mol. The standard InChI is InChI=1S/C13H30OSi.2C10H24OSi.6C8H8.C7H18OSi.C6H12O3.C2H6O/c1-11(2)8-15(14-7,9-12(3)4)10-13(5)6;1-8(2)12(11-7,9(3)4)10(5)6;1-5-8-12(11-4,9-6-2)10-7-3;6*1-2-8-6-4-3-5-7-8;1-5-9(6-2,7-3)8-4;1-6(2,3)9-5(7)8-4;1-3-2/h11-13H,8-10H2,1-7H3;8-10H,1-7H3;5-10H2,1-4H3;6*2-7H,1H2;5-7H2,1-4H3;1-4H3;1-2H3. The van der Waals surface area contributed by atoms with E-state index in [0.29, 0.717) is 16.6 Å². The summed E-state index contributed by atoms with van der Waals surface area (Å²) in [6, 6.07) is 72.0. The van der Waals surface area contributed by atoms with Gasteiger partial charge in [-0.15, -0.1) is 0 Å². The van der Waals surface area contributed by atoms with E-state index in [9.17, 15) is 4.79 Å². The molecule has 0 aliphatic carbocycles. The van der Waals surface area contributed by atoms with Crippen molar-refractivity contribution in [1.29, 1.82) is 0 Å². The van der Waals surface area contributed by atoms with Gasteiger partial charge in [0.1, 0.15) is 5.60 Å². The first kappa shape index (κ1) is 113. The summed E-state index contributed by atoms with van der Waals surface area (Å²) in [6.07, 6.45) is 14.2. The summed E-state index contributed by atoms with van der Waals surface area (Å²) >= 11 is 0. The van der Waals surface area contributed by atoms with E-state index >= 15 is 0 Å². The maximum absolute atomic E-state index is 10.4. The molecule has 6 aromatic carbocycles. The Labute approximate surface area is 672 Å². The average Bonchev–Trinajstić information content (AvgIpc) is 0.815. The molecule has 0 aromatic heterocycles. The van der Waals surface area contributed by atoms with Crippen LogP contribution in [0.2, 0.25) is 71.0 Å². The Hall–Kier alpha value is -6.30. The molecule has 0 unspecified atom stereocenters. The molecule has 0 amide bonds. The molecule has 0 aliphatic heterocycles. The highest BCUT2D eigenvalue weighted by atomic mass is 28.4. The average molecular weight is 1560 g/mol. The summed E-state index contributed by atoms with van der Waals surface area (Å²) in [5.74, 6) is 2.32. The van der Waals surface area contributed by atoms with Crippen LogP contribution in [0.4, 0.5) is 4.79 Å². The second kappa shape index (κ2) is 72.3. The van der Waals surface area contributed by atoms with Gasteiger partial charge in [0.2, 0.25) is 0 Å². The fourth-order valence-electron chi connectivity index (χ4n) is 12.5. The Kier molecular flexibility index (Phi) is 75.3. The third kappa shape index (κ3) is 60.5. The molecular formula is C96H162O8Si4. The van der Waals surface area contributed by atoms with E-state index in [4.69, 9.17) is 22.4 Å². The van der Waals surface area contributed by atoms with Crippen LogP contribution >= 0.6 is 0 Å². The number of benzene rings is 6. The minimum absolute atomic E-state index is 0.451. The quantitative estimate of drug-likeness (QED) is 0.0355. The van der Waals surface area contributed by atoms with Crippen LogP contribution in [0.1, 0.15) is 198 Å². The number of methoxy groups -OCH3 is 2. The molecule has 6 aromatic rings. The van der Waals surface area contributed by atoms with Gasteiger partial charge in [0, 0.05) is 42.7 Å². The van der Waals surface area contributed by atoms with Crippen molar-refractivity contribution in [2.45, 2.75) is 241 Å². The summed E-state index contributed by atoms with van der Waals surface area (Å²) in [4.78, 5) is 10.4. The molecule has 8 nitrogen and oxygen atoms in total. The van der Waals surface area contributed by atoms with E-state index in [0.717, 1.165) is 17.8 Å².